The molecule has 0 radical (unpaired) electrons. The molecule has 0 atom stereocenters. The Morgan fingerprint density at radius 1 is 1.11 bits per heavy atom. The highest BCUT2D eigenvalue weighted by atomic mass is 16.3. The maximum absolute atomic E-state index is 10.6. The standard InChI is InChI=1S/C15H22N2O2/c1-10-4-5-11(19-10)12-16-6-14(2)7-17(12)9-15(3,8-16)13(14)18/h4-5,12-13,18H,6-9H2,1-3H3. The van der Waals surface area contributed by atoms with Gasteiger partial charge in [-0.2, -0.15) is 0 Å². The lowest BCUT2D eigenvalue weighted by Crippen LogP contribution is -2.76. The highest BCUT2D eigenvalue weighted by Crippen LogP contribution is 2.54. The van der Waals surface area contributed by atoms with Crippen molar-refractivity contribution in [3.8, 4) is 0 Å². The van der Waals surface area contributed by atoms with Gasteiger partial charge >= 0.3 is 0 Å². The Labute approximate surface area is 114 Å². The summed E-state index contributed by atoms with van der Waals surface area (Å²) < 4.78 is 5.86. The third-order valence-electron chi connectivity index (χ3n) is 5.28. The number of rotatable bonds is 1. The highest BCUT2D eigenvalue weighted by Gasteiger charge is 2.62. The van der Waals surface area contributed by atoms with Gasteiger partial charge in [0.1, 0.15) is 17.7 Å². The third-order valence-corrected chi connectivity index (χ3v) is 5.28. The molecule has 1 aromatic rings. The van der Waals surface area contributed by atoms with Crippen molar-refractivity contribution in [3.05, 3.63) is 23.7 Å². The van der Waals surface area contributed by atoms with E-state index in [-0.39, 0.29) is 23.1 Å². The average Bonchev–Trinajstić information content (AvgIpc) is 2.71. The summed E-state index contributed by atoms with van der Waals surface area (Å²) in [6.45, 7) is 10.3. The minimum absolute atomic E-state index is 0.00336. The molecule has 104 valence electrons. The topological polar surface area (TPSA) is 39.9 Å². The molecule has 0 unspecified atom stereocenters. The third kappa shape index (κ3) is 1.45. The first-order chi connectivity index (χ1) is 8.91. The van der Waals surface area contributed by atoms with Crippen LogP contribution in [0, 0.1) is 17.8 Å². The molecule has 5 heterocycles. The van der Waals surface area contributed by atoms with Gasteiger partial charge in [-0.15, -0.1) is 0 Å². The van der Waals surface area contributed by atoms with Crippen LogP contribution >= 0.6 is 0 Å². The van der Waals surface area contributed by atoms with Gasteiger partial charge < -0.3 is 9.52 Å². The Kier molecular flexibility index (Phi) is 2.15. The number of furan rings is 1. The van der Waals surface area contributed by atoms with Gasteiger partial charge in [-0.25, -0.2) is 0 Å². The molecule has 4 aliphatic heterocycles. The van der Waals surface area contributed by atoms with E-state index in [0.717, 1.165) is 37.7 Å². The minimum atomic E-state index is -0.188. The van der Waals surface area contributed by atoms with Gasteiger partial charge in [0.25, 0.3) is 0 Å². The molecule has 4 bridgehead atoms. The van der Waals surface area contributed by atoms with Gasteiger partial charge in [0, 0.05) is 37.0 Å². The van der Waals surface area contributed by atoms with Crippen molar-refractivity contribution in [2.75, 3.05) is 26.2 Å². The fourth-order valence-corrected chi connectivity index (χ4v) is 4.78. The number of aliphatic hydroxyl groups excluding tert-OH is 1. The van der Waals surface area contributed by atoms with E-state index in [1.807, 2.05) is 13.0 Å². The van der Waals surface area contributed by atoms with Crippen LogP contribution in [0.2, 0.25) is 0 Å². The van der Waals surface area contributed by atoms with Crippen LogP contribution in [0.15, 0.2) is 16.5 Å². The van der Waals surface area contributed by atoms with E-state index >= 15 is 0 Å². The molecule has 4 nitrogen and oxygen atoms in total. The van der Waals surface area contributed by atoms with Crippen LogP contribution < -0.4 is 0 Å². The molecular weight excluding hydrogens is 240 g/mol. The van der Waals surface area contributed by atoms with Gasteiger partial charge in [0.15, 0.2) is 0 Å². The predicted molar refractivity (Wildman–Crippen MR) is 71.6 cm³/mol. The average molecular weight is 262 g/mol. The first-order valence-corrected chi connectivity index (χ1v) is 7.14. The maximum atomic E-state index is 10.6. The van der Waals surface area contributed by atoms with Gasteiger partial charge in [-0.05, 0) is 19.1 Å². The second kappa shape index (κ2) is 3.43. The summed E-state index contributed by atoms with van der Waals surface area (Å²) in [6, 6.07) is 4.14. The van der Waals surface area contributed by atoms with Crippen molar-refractivity contribution in [3.63, 3.8) is 0 Å². The molecule has 5 rings (SSSR count). The molecule has 0 saturated carbocycles. The molecule has 4 heteroatoms. The molecule has 4 saturated heterocycles. The van der Waals surface area contributed by atoms with E-state index in [1.54, 1.807) is 0 Å². The summed E-state index contributed by atoms with van der Waals surface area (Å²) >= 11 is 0. The van der Waals surface area contributed by atoms with E-state index in [2.05, 4.69) is 29.7 Å². The lowest BCUT2D eigenvalue weighted by molar-refractivity contribution is -0.256. The Morgan fingerprint density at radius 2 is 1.63 bits per heavy atom. The van der Waals surface area contributed by atoms with Crippen LogP contribution in [0.25, 0.3) is 0 Å². The molecule has 1 aromatic heterocycles. The molecule has 4 aliphatic rings. The lowest BCUT2D eigenvalue weighted by atomic mass is 9.61. The Bertz CT molecular complexity index is 486. The first-order valence-electron chi connectivity index (χ1n) is 7.14. The van der Waals surface area contributed by atoms with Gasteiger partial charge in [0.2, 0.25) is 0 Å². The minimum Gasteiger partial charge on any atom is -0.463 e. The van der Waals surface area contributed by atoms with Crippen molar-refractivity contribution in [1.29, 1.82) is 0 Å². The predicted octanol–water partition coefficient (Wildman–Crippen LogP) is 1.60. The number of aryl methyl sites for hydroxylation is 1. The number of aliphatic hydroxyl groups is 1. The summed E-state index contributed by atoms with van der Waals surface area (Å²) in [7, 11) is 0. The number of nitrogens with zero attached hydrogens (tertiary/aromatic N) is 2. The van der Waals surface area contributed by atoms with Crippen molar-refractivity contribution >= 4 is 0 Å². The Balaban J connectivity index is 1.73. The van der Waals surface area contributed by atoms with E-state index in [4.69, 9.17) is 4.42 Å². The lowest BCUT2D eigenvalue weighted by Gasteiger charge is -2.67. The number of piperidine rings is 2. The second-order valence-corrected chi connectivity index (χ2v) is 7.34. The van der Waals surface area contributed by atoms with Crippen molar-refractivity contribution < 1.29 is 9.52 Å². The smallest absolute Gasteiger partial charge is 0.136 e. The van der Waals surface area contributed by atoms with E-state index < -0.39 is 0 Å². The molecule has 0 amide bonds. The SMILES string of the molecule is Cc1ccc(C2N3CC4(C)CN2CC(C)(C3)C4O)o1. The van der Waals surface area contributed by atoms with Crippen LogP contribution in [-0.2, 0) is 0 Å². The Morgan fingerprint density at radius 3 is 2.05 bits per heavy atom. The molecule has 0 aromatic carbocycles. The molecular formula is C15H22N2O2. The normalized spacial score (nSPS) is 51.8. The van der Waals surface area contributed by atoms with Crippen LogP contribution in [0.5, 0.6) is 0 Å². The van der Waals surface area contributed by atoms with Crippen LogP contribution in [0.1, 0.15) is 31.5 Å². The molecule has 1 N–H and O–H groups in total. The molecule has 4 fully saturated rings. The van der Waals surface area contributed by atoms with E-state index in [0.29, 0.717) is 0 Å². The molecule has 19 heavy (non-hydrogen) atoms. The van der Waals surface area contributed by atoms with Crippen LogP contribution in [-0.4, -0.2) is 47.2 Å². The second-order valence-electron chi connectivity index (χ2n) is 7.34. The van der Waals surface area contributed by atoms with Crippen molar-refractivity contribution in [2.45, 2.75) is 33.0 Å². The largest absolute Gasteiger partial charge is 0.463 e. The monoisotopic (exact) mass is 262 g/mol. The van der Waals surface area contributed by atoms with Crippen LogP contribution in [0.3, 0.4) is 0 Å². The molecule has 0 spiro atoms. The van der Waals surface area contributed by atoms with Crippen molar-refractivity contribution in [2.24, 2.45) is 10.8 Å². The zero-order valence-corrected chi connectivity index (χ0v) is 11.9. The summed E-state index contributed by atoms with van der Waals surface area (Å²) in [6.07, 6.45) is 0.0779. The molecule has 0 aliphatic carbocycles. The highest BCUT2D eigenvalue weighted by molar-refractivity contribution is 5.19. The van der Waals surface area contributed by atoms with Crippen LogP contribution in [0.4, 0.5) is 0 Å². The van der Waals surface area contributed by atoms with Gasteiger partial charge in [0.05, 0.1) is 6.10 Å². The van der Waals surface area contributed by atoms with E-state index in [1.165, 1.54) is 0 Å². The van der Waals surface area contributed by atoms with Gasteiger partial charge in [-0.1, -0.05) is 13.8 Å². The summed E-state index contributed by atoms with van der Waals surface area (Å²) in [5.41, 5.74) is 0.00672. The summed E-state index contributed by atoms with van der Waals surface area (Å²) in [4.78, 5) is 4.97. The number of hydrogen-bond donors (Lipinski definition) is 1. The summed E-state index contributed by atoms with van der Waals surface area (Å²) in [5.74, 6) is 2.03. The zero-order chi connectivity index (χ0) is 13.4. The summed E-state index contributed by atoms with van der Waals surface area (Å²) in [5, 5.41) is 10.6. The van der Waals surface area contributed by atoms with Gasteiger partial charge in [-0.3, -0.25) is 9.80 Å². The quantitative estimate of drug-likeness (QED) is 0.834. The first kappa shape index (κ1) is 11.9. The Hall–Kier alpha value is -0.840. The fourth-order valence-electron chi connectivity index (χ4n) is 4.78. The fraction of sp³-hybridized carbons (Fsp3) is 0.733. The number of hydrogen-bond acceptors (Lipinski definition) is 4. The maximum Gasteiger partial charge on any atom is 0.136 e. The zero-order valence-electron chi connectivity index (χ0n) is 11.9. The van der Waals surface area contributed by atoms with E-state index in [9.17, 15) is 5.11 Å². The van der Waals surface area contributed by atoms with Crippen molar-refractivity contribution in [1.82, 2.24) is 9.80 Å².